The Morgan fingerprint density at radius 3 is 2.13 bits per heavy atom. The molecular formula is C32H35F2NO10S. The minimum Gasteiger partial charge on any atom is -0.493 e. The molecule has 0 saturated heterocycles. The Hall–Kier alpha value is -4.46. The highest BCUT2D eigenvalue weighted by Gasteiger charge is 2.32. The number of carboxylic acid groups (broad SMARTS) is 1. The molecule has 0 radical (unpaired) electrons. The first kappa shape index (κ1) is 34.4. The van der Waals surface area contributed by atoms with Crippen LogP contribution in [0.3, 0.4) is 0 Å². The van der Waals surface area contributed by atoms with Gasteiger partial charge in [0.1, 0.15) is 0 Å². The summed E-state index contributed by atoms with van der Waals surface area (Å²) in [6.07, 6.45) is -0.0673. The number of hydrogen-bond donors (Lipinski definition) is 1. The summed E-state index contributed by atoms with van der Waals surface area (Å²) < 4.78 is 58.3. The largest absolute Gasteiger partial charge is 0.493 e. The van der Waals surface area contributed by atoms with E-state index in [1.807, 2.05) is 0 Å². The first-order chi connectivity index (χ1) is 21.9. The van der Waals surface area contributed by atoms with Crippen molar-refractivity contribution in [2.24, 2.45) is 11.8 Å². The Morgan fingerprint density at radius 1 is 0.891 bits per heavy atom. The number of carboxylic acids is 1. The van der Waals surface area contributed by atoms with E-state index in [0.717, 1.165) is 11.3 Å². The van der Waals surface area contributed by atoms with Gasteiger partial charge < -0.3 is 33.7 Å². The second-order valence-corrected chi connectivity index (χ2v) is 12.0. The molecule has 1 amide bonds. The molecule has 11 nitrogen and oxygen atoms in total. The summed E-state index contributed by atoms with van der Waals surface area (Å²) in [6.45, 7) is 3.13. The van der Waals surface area contributed by atoms with E-state index in [1.165, 1.54) is 39.2 Å². The summed E-state index contributed by atoms with van der Waals surface area (Å²) in [5, 5.41) is 9.24. The van der Waals surface area contributed by atoms with Crippen molar-refractivity contribution < 1.29 is 56.7 Å². The molecule has 1 unspecified atom stereocenters. The van der Waals surface area contributed by atoms with Crippen molar-refractivity contribution in [1.29, 1.82) is 0 Å². The number of halogens is 2. The highest BCUT2D eigenvalue weighted by molar-refractivity contribution is 7.20. The molecule has 1 N–H and O–H groups in total. The third-order valence-corrected chi connectivity index (χ3v) is 8.74. The van der Waals surface area contributed by atoms with Gasteiger partial charge in [0.05, 0.1) is 51.3 Å². The molecule has 0 spiro atoms. The Morgan fingerprint density at radius 2 is 1.52 bits per heavy atom. The summed E-state index contributed by atoms with van der Waals surface area (Å²) in [5.74, 6) is -5.27. The van der Waals surface area contributed by atoms with Crippen LogP contribution in [0.25, 0.3) is 10.1 Å². The summed E-state index contributed by atoms with van der Waals surface area (Å²) in [4.78, 5) is 49.8. The van der Waals surface area contributed by atoms with Gasteiger partial charge >= 0.3 is 11.9 Å². The molecule has 1 aromatic heterocycles. The zero-order chi connectivity index (χ0) is 33.7. The predicted octanol–water partition coefficient (Wildman–Crippen LogP) is 5.38. The third-order valence-electron chi connectivity index (χ3n) is 7.62. The van der Waals surface area contributed by atoms with E-state index in [9.17, 15) is 19.2 Å². The molecule has 0 bridgehead atoms. The fourth-order valence-corrected chi connectivity index (χ4v) is 6.03. The molecule has 1 aliphatic heterocycles. The minimum absolute atomic E-state index is 0.00733. The quantitative estimate of drug-likeness (QED) is 0.128. The molecule has 2 atom stereocenters. The number of amides is 1. The zero-order valence-corrected chi connectivity index (χ0v) is 26.9. The lowest BCUT2D eigenvalue weighted by Gasteiger charge is -2.17. The van der Waals surface area contributed by atoms with E-state index >= 15 is 8.78 Å². The maximum absolute atomic E-state index is 15.6. The number of methoxy groups -OCH3 is 3. The Kier molecular flexibility index (Phi) is 11.0. The summed E-state index contributed by atoms with van der Waals surface area (Å²) in [5.41, 5.74) is 0.856. The molecule has 2 aromatic carbocycles. The van der Waals surface area contributed by atoms with Gasteiger partial charge in [0.15, 0.2) is 40.4 Å². The van der Waals surface area contributed by atoms with Crippen molar-refractivity contribution in [2.75, 3.05) is 34.5 Å². The first-order valence-corrected chi connectivity index (χ1v) is 15.3. The fraction of sp³-hybridized carbons (Fsp3) is 0.438. The van der Waals surface area contributed by atoms with E-state index in [2.05, 4.69) is 4.74 Å². The van der Waals surface area contributed by atoms with Gasteiger partial charge in [-0.1, -0.05) is 13.8 Å². The molecule has 0 saturated carbocycles. The highest BCUT2D eigenvalue weighted by Crippen LogP contribution is 2.41. The number of hydrogen-bond acceptors (Lipinski definition) is 10. The highest BCUT2D eigenvalue weighted by atomic mass is 32.1. The maximum atomic E-state index is 15.6. The van der Waals surface area contributed by atoms with Crippen molar-refractivity contribution >= 4 is 45.1 Å². The van der Waals surface area contributed by atoms with Crippen LogP contribution in [0.2, 0.25) is 0 Å². The lowest BCUT2D eigenvalue weighted by Crippen LogP contribution is -2.29. The number of aliphatic carboxylic acids is 1. The third kappa shape index (κ3) is 7.33. The number of nitrogens with zero attached hydrogens (tertiary/aromatic N) is 1. The Balaban J connectivity index is 1.40. The zero-order valence-electron chi connectivity index (χ0n) is 26.1. The van der Waals surface area contributed by atoms with Gasteiger partial charge in [-0.15, -0.1) is 11.3 Å². The summed E-state index contributed by atoms with van der Waals surface area (Å²) in [6, 6.07) is 4.53. The van der Waals surface area contributed by atoms with Crippen molar-refractivity contribution in [1.82, 2.24) is 4.90 Å². The van der Waals surface area contributed by atoms with Gasteiger partial charge in [-0.05, 0) is 17.7 Å². The van der Waals surface area contributed by atoms with Crippen molar-refractivity contribution in [3.05, 3.63) is 45.8 Å². The van der Waals surface area contributed by atoms with E-state index in [0.29, 0.717) is 10.3 Å². The fourth-order valence-electron chi connectivity index (χ4n) is 5.00. The molecule has 3 aromatic rings. The van der Waals surface area contributed by atoms with Crippen LogP contribution in [0.5, 0.6) is 23.0 Å². The molecule has 46 heavy (non-hydrogen) atoms. The van der Waals surface area contributed by atoms with Crippen LogP contribution >= 0.6 is 11.3 Å². The summed E-state index contributed by atoms with van der Waals surface area (Å²) in [7, 11) is 3.97. The van der Waals surface area contributed by atoms with Crippen molar-refractivity contribution in [3.8, 4) is 23.0 Å². The number of fused-ring (bicyclic) bond motifs is 2. The second kappa shape index (κ2) is 14.8. The van der Waals surface area contributed by atoms with Crippen molar-refractivity contribution in [3.63, 3.8) is 0 Å². The number of Topliss-reactive ketones (excluding diaryl/α,β-unsaturated/α-hetero) is 1. The number of esters is 1. The van der Waals surface area contributed by atoms with Crippen molar-refractivity contribution in [2.45, 2.75) is 46.2 Å². The van der Waals surface area contributed by atoms with Gasteiger partial charge in [-0.25, -0.2) is 8.78 Å². The normalized spacial score (nSPS) is 13.6. The van der Waals surface area contributed by atoms with Gasteiger partial charge in [-0.2, -0.15) is 0 Å². The average Bonchev–Trinajstić information content (AvgIpc) is 3.67. The first-order valence-electron chi connectivity index (χ1n) is 14.4. The van der Waals surface area contributed by atoms with Crippen LogP contribution in [0.4, 0.5) is 8.78 Å². The number of carbonyl (C=O) groups is 4. The van der Waals surface area contributed by atoms with Crippen LogP contribution in [0.15, 0.2) is 18.2 Å². The second-order valence-electron chi connectivity index (χ2n) is 10.9. The molecule has 0 fully saturated rings. The molecule has 248 valence electrons. The van der Waals surface area contributed by atoms with Crippen LogP contribution < -0.4 is 18.9 Å². The van der Waals surface area contributed by atoms with E-state index in [-0.39, 0.29) is 90.3 Å². The van der Waals surface area contributed by atoms with Crippen LogP contribution in [0.1, 0.15) is 53.9 Å². The van der Waals surface area contributed by atoms with E-state index in [1.54, 1.807) is 19.1 Å². The number of ether oxygens (including phenoxy) is 5. The van der Waals surface area contributed by atoms with Crippen LogP contribution in [-0.4, -0.2) is 68.2 Å². The van der Waals surface area contributed by atoms with Crippen LogP contribution in [-0.2, 0) is 32.2 Å². The van der Waals surface area contributed by atoms with E-state index < -0.39 is 41.2 Å². The smallest absolute Gasteiger partial charge is 0.308 e. The van der Waals surface area contributed by atoms with Gasteiger partial charge in [0.2, 0.25) is 5.91 Å². The molecule has 14 heteroatoms. The van der Waals surface area contributed by atoms with E-state index in [4.69, 9.17) is 24.1 Å². The monoisotopic (exact) mass is 663 g/mol. The summed E-state index contributed by atoms with van der Waals surface area (Å²) >= 11 is 1.03. The molecule has 2 heterocycles. The van der Waals surface area contributed by atoms with Gasteiger partial charge in [0.25, 0.3) is 0 Å². The van der Waals surface area contributed by atoms with Gasteiger partial charge in [0, 0.05) is 54.1 Å². The lowest BCUT2D eigenvalue weighted by atomic mass is 10.0. The standard InChI is InChI=1S/C32H35F2NO10S/c1-16(31(38)39)9-21(36)25-12-19-24(46-25)13-23(42-4)30(27(19)33)45-8-6-7-44-29-22(41-3)11-18-14-35(15-20(18)28(29)34)26(37)10-17(2)32(40)43-5/h11-13,16-17H,6-10,14-15H2,1-5H3,(H,38,39)/t16?,17-/m0/s1. The average molecular weight is 664 g/mol. The number of ketones is 1. The Bertz CT molecular complexity index is 1660. The lowest BCUT2D eigenvalue weighted by molar-refractivity contribution is -0.148. The number of benzene rings is 2. The predicted molar refractivity (Wildman–Crippen MR) is 163 cm³/mol. The minimum atomic E-state index is -1.10. The molecule has 4 rings (SSSR count). The SMILES string of the molecule is COC(=O)[C@@H](C)CC(=O)N1Cc2cc(OC)c(OCCCOc3c(OC)cc4sc(C(=O)CC(C)C(=O)O)cc4c3F)c(F)c2C1. The molecule has 1 aliphatic rings. The Labute approximate surface area is 267 Å². The topological polar surface area (TPSA) is 138 Å². The molecule has 0 aliphatic carbocycles. The number of thiophene rings is 1. The van der Waals surface area contributed by atoms with Crippen LogP contribution in [0, 0.1) is 23.5 Å². The maximum Gasteiger partial charge on any atom is 0.308 e. The number of carbonyl (C=O) groups excluding carboxylic acids is 3. The molecular weight excluding hydrogens is 628 g/mol. The number of rotatable bonds is 15. The van der Waals surface area contributed by atoms with Gasteiger partial charge in [-0.3, -0.25) is 19.2 Å².